The maximum Gasteiger partial charge on any atom is 0.387 e. The lowest BCUT2D eigenvalue weighted by Crippen LogP contribution is -2.42. The Labute approximate surface area is 188 Å². The molecule has 0 saturated carbocycles. The molecule has 1 aliphatic heterocycles. The first kappa shape index (κ1) is 25.4. The van der Waals surface area contributed by atoms with E-state index in [0.29, 0.717) is 13.0 Å². The Kier molecular flexibility index (Phi) is 11.2. The van der Waals surface area contributed by atoms with E-state index in [1.807, 2.05) is 16.8 Å². The summed E-state index contributed by atoms with van der Waals surface area (Å²) in [7, 11) is 3.64. The van der Waals surface area contributed by atoms with Gasteiger partial charge in [0.05, 0.1) is 0 Å². The molecule has 1 aromatic rings. The van der Waals surface area contributed by atoms with Crippen LogP contribution in [0.3, 0.4) is 0 Å². The van der Waals surface area contributed by atoms with Crippen LogP contribution in [0.15, 0.2) is 29.3 Å². The first-order valence-corrected chi connectivity index (χ1v) is 9.69. The van der Waals surface area contributed by atoms with Crippen LogP contribution in [0.2, 0.25) is 0 Å². The largest absolute Gasteiger partial charge is 0.435 e. The van der Waals surface area contributed by atoms with E-state index in [1.165, 1.54) is 12.1 Å². The van der Waals surface area contributed by atoms with Gasteiger partial charge in [0.2, 0.25) is 5.91 Å². The topological polar surface area (TPSA) is 57.2 Å². The van der Waals surface area contributed by atoms with Crippen molar-refractivity contribution in [3.63, 3.8) is 0 Å². The van der Waals surface area contributed by atoms with Gasteiger partial charge in [-0.2, -0.15) is 8.78 Å². The zero-order valence-electron chi connectivity index (χ0n) is 17.2. The van der Waals surface area contributed by atoms with Crippen LogP contribution in [-0.2, 0) is 11.3 Å². The number of alkyl halides is 2. The molecule has 2 rings (SSSR count). The number of aliphatic imine (C=N–C) groups is 1. The molecule has 1 N–H and O–H groups in total. The van der Waals surface area contributed by atoms with Gasteiger partial charge in [-0.3, -0.25) is 9.79 Å². The van der Waals surface area contributed by atoms with Crippen LogP contribution in [0, 0.1) is 0 Å². The minimum Gasteiger partial charge on any atom is -0.435 e. The number of carbonyl (C=O) groups excluding carboxylic acids is 1. The van der Waals surface area contributed by atoms with Gasteiger partial charge in [0, 0.05) is 46.2 Å². The number of ether oxygens (including phenoxy) is 1. The van der Waals surface area contributed by atoms with Gasteiger partial charge in [-0.1, -0.05) is 19.1 Å². The summed E-state index contributed by atoms with van der Waals surface area (Å²) in [6.45, 7) is 1.45. The van der Waals surface area contributed by atoms with Gasteiger partial charge in [0.1, 0.15) is 5.75 Å². The molecule has 1 aromatic carbocycles. The van der Waals surface area contributed by atoms with Crippen molar-refractivity contribution in [3.05, 3.63) is 29.8 Å². The van der Waals surface area contributed by atoms with E-state index in [1.54, 1.807) is 19.2 Å². The molecule has 0 radical (unpaired) electrons. The highest BCUT2D eigenvalue weighted by Crippen LogP contribution is 2.18. The third-order valence-electron chi connectivity index (χ3n) is 4.92. The quantitative estimate of drug-likeness (QED) is 0.304. The van der Waals surface area contributed by atoms with Crippen molar-refractivity contribution >= 4 is 35.8 Å². The van der Waals surface area contributed by atoms with E-state index in [4.69, 9.17) is 0 Å². The summed E-state index contributed by atoms with van der Waals surface area (Å²) >= 11 is 0. The average molecular weight is 524 g/mol. The van der Waals surface area contributed by atoms with Crippen molar-refractivity contribution in [1.29, 1.82) is 0 Å². The van der Waals surface area contributed by atoms with Gasteiger partial charge in [-0.05, 0) is 37.0 Å². The summed E-state index contributed by atoms with van der Waals surface area (Å²) in [5.74, 6) is 1.15. The van der Waals surface area contributed by atoms with Crippen molar-refractivity contribution in [1.82, 2.24) is 15.1 Å². The first-order chi connectivity index (χ1) is 13.4. The minimum atomic E-state index is -2.82. The summed E-state index contributed by atoms with van der Waals surface area (Å²) in [5, 5.41) is 3.34. The second-order valence-corrected chi connectivity index (χ2v) is 6.89. The fourth-order valence-corrected chi connectivity index (χ4v) is 3.50. The van der Waals surface area contributed by atoms with E-state index >= 15 is 0 Å². The van der Waals surface area contributed by atoms with Crippen LogP contribution in [0.4, 0.5) is 8.78 Å². The normalized spacial score (nSPS) is 15.3. The fourth-order valence-electron chi connectivity index (χ4n) is 3.50. The van der Waals surface area contributed by atoms with Crippen molar-refractivity contribution in [2.45, 2.75) is 51.8 Å². The molecule has 9 heteroatoms. The third-order valence-corrected chi connectivity index (χ3v) is 4.92. The number of guanidine groups is 1. The highest BCUT2D eigenvalue weighted by Gasteiger charge is 2.26. The number of nitrogens with zero attached hydrogens (tertiary/aromatic N) is 3. The van der Waals surface area contributed by atoms with E-state index in [-0.39, 0.29) is 41.7 Å². The number of likely N-dealkylation sites (tertiary alicyclic amines) is 1. The molecule has 164 valence electrons. The lowest BCUT2D eigenvalue weighted by molar-refractivity contribution is -0.129. The third kappa shape index (κ3) is 7.94. The van der Waals surface area contributed by atoms with Crippen LogP contribution < -0.4 is 10.1 Å². The summed E-state index contributed by atoms with van der Waals surface area (Å²) in [6.07, 6.45) is 3.42. The summed E-state index contributed by atoms with van der Waals surface area (Å²) in [4.78, 5) is 20.2. The molecule has 1 amide bonds. The standard InChI is InChI=1S/C20H30F2N4O2.HI/c1-4-16(26-13-5-6-18(26)27)11-12-24-20(23-2)25(3)14-15-7-9-17(10-8-15)28-19(21)22;/h7-10,16,19H,4-6,11-14H2,1-3H3,(H,23,24);1H. The van der Waals surface area contributed by atoms with Crippen LogP contribution >= 0.6 is 24.0 Å². The molecule has 0 aromatic heterocycles. The molecule has 1 saturated heterocycles. The Hall–Kier alpha value is -1.65. The van der Waals surface area contributed by atoms with E-state index in [2.05, 4.69) is 22.0 Å². The Morgan fingerprint density at radius 2 is 2.03 bits per heavy atom. The first-order valence-electron chi connectivity index (χ1n) is 9.69. The number of amides is 1. The molecule has 29 heavy (non-hydrogen) atoms. The molecule has 1 heterocycles. The molecule has 1 fully saturated rings. The van der Waals surface area contributed by atoms with Gasteiger partial charge >= 0.3 is 6.61 Å². The number of hydrogen-bond donors (Lipinski definition) is 1. The van der Waals surface area contributed by atoms with Crippen LogP contribution in [0.5, 0.6) is 5.75 Å². The molecular formula is C20H31F2IN4O2. The fraction of sp³-hybridized carbons (Fsp3) is 0.600. The molecule has 1 aliphatic rings. The maximum atomic E-state index is 12.2. The van der Waals surface area contributed by atoms with Gasteiger partial charge in [-0.25, -0.2) is 0 Å². The molecule has 6 nitrogen and oxygen atoms in total. The van der Waals surface area contributed by atoms with Gasteiger partial charge in [-0.15, -0.1) is 24.0 Å². The molecule has 0 bridgehead atoms. The number of halogens is 3. The van der Waals surface area contributed by atoms with E-state index in [9.17, 15) is 13.6 Å². The van der Waals surface area contributed by atoms with E-state index in [0.717, 1.165) is 43.9 Å². The van der Waals surface area contributed by atoms with Crippen molar-refractivity contribution in [2.75, 3.05) is 27.2 Å². The SMILES string of the molecule is CCC(CCNC(=NC)N(C)Cc1ccc(OC(F)F)cc1)N1CCCC1=O.I. The number of carbonyl (C=O) groups is 1. The maximum absolute atomic E-state index is 12.2. The number of nitrogens with one attached hydrogen (secondary N) is 1. The Morgan fingerprint density at radius 1 is 1.34 bits per heavy atom. The average Bonchev–Trinajstić information content (AvgIpc) is 3.09. The Bertz CT molecular complexity index is 658. The summed E-state index contributed by atoms with van der Waals surface area (Å²) < 4.78 is 28.8. The van der Waals surface area contributed by atoms with Crippen molar-refractivity contribution in [2.24, 2.45) is 4.99 Å². The highest BCUT2D eigenvalue weighted by atomic mass is 127. The summed E-state index contributed by atoms with van der Waals surface area (Å²) in [5.41, 5.74) is 0.959. The molecular weight excluding hydrogens is 493 g/mol. The number of rotatable bonds is 9. The smallest absolute Gasteiger partial charge is 0.387 e. The van der Waals surface area contributed by atoms with Crippen LogP contribution in [-0.4, -0.2) is 61.5 Å². The lowest BCUT2D eigenvalue weighted by Gasteiger charge is -2.28. The predicted octanol–water partition coefficient (Wildman–Crippen LogP) is 3.70. The van der Waals surface area contributed by atoms with Gasteiger partial charge < -0.3 is 19.9 Å². The second kappa shape index (κ2) is 12.8. The molecule has 0 spiro atoms. The number of hydrogen-bond acceptors (Lipinski definition) is 3. The molecule has 1 unspecified atom stereocenters. The van der Waals surface area contributed by atoms with Crippen molar-refractivity contribution < 1.29 is 18.3 Å². The van der Waals surface area contributed by atoms with Gasteiger partial charge in [0.25, 0.3) is 0 Å². The molecule has 1 atom stereocenters. The molecule has 0 aliphatic carbocycles. The van der Waals surface area contributed by atoms with Crippen molar-refractivity contribution in [3.8, 4) is 5.75 Å². The minimum absolute atomic E-state index is 0. The summed E-state index contributed by atoms with van der Waals surface area (Å²) in [6, 6.07) is 6.84. The Balaban J connectivity index is 0.00000420. The number of benzene rings is 1. The zero-order valence-corrected chi connectivity index (χ0v) is 19.6. The Morgan fingerprint density at radius 3 is 2.55 bits per heavy atom. The monoisotopic (exact) mass is 524 g/mol. The lowest BCUT2D eigenvalue weighted by atomic mass is 10.1. The van der Waals surface area contributed by atoms with E-state index < -0.39 is 6.61 Å². The van der Waals surface area contributed by atoms with Crippen LogP contribution in [0.1, 0.15) is 38.2 Å². The van der Waals surface area contributed by atoms with Crippen LogP contribution in [0.25, 0.3) is 0 Å². The van der Waals surface area contributed by atoms with Gasteiger partial charge in [0.15, 0.2) is 5.96 Å². The highest BCUT2D eigenvalue weighted by molar-refractivity contribution is 14.0. The second-order valence-electron chi connectivity index (χ2n) is 6.89. The zero-order chi connectivity index (χ0) is 20.5. The predicted molar refractivity (Wildman–Crippen MR) is 121 cm³/mol.